The van der Waals surface area contributed by atoms with Gasteiger partial charge in [-0.25, -0.2) is 0 Å². The Hall–Kier alpha value is -1.06. The highest BCUT2D eigenvalue weighted by atomic mass is 16.5. The molecule has 1 fully saturated rings. The predicted molar refractivity (Wildman–Crippen MR) is 83.8 cm³/mol. The third-order valence-corrected chi connectivity index (χ3v) is 4.30. The van der Waals surface area contributed by atoms with Gasteiger partial charge in [-0.1, -0.05) is 26.7 Å². The number of ether oxygens (including phenoxy) is 1. The van der Waals surface area contributed by atoms with Gasteiger partial charge in [-0.2, -0.15) is 0 Å². The second-order valence-corrected chi connectivity index (χ2v) is 6.92. The quantitative estimate of drug-likeness (QED) is 0.677. The molecule has 4 heteroatoms. The number of rotatable bonds is 7. The number of carbonyl (C=O) groups is 2. The molecule has 1 amide bonds. The van der Waals surface area contributed by atoms with Crippen LogP contribution in [0.2, 0.25) is 0 Å². The summed E-state index contributed by atoms with van der Waals surface area (Å²) >= 11 is 0. The number of esters is 1. The van der Waals surface area contributed by atoms with Gasteiger partial charge in [-0.3, -0.25) is 9.59 Å². The minimum Gasteiger partial charge on any atom is -0.465 e. The molecular weight excluding hydrogens is 266 g/mol. The van der Waals surface area contributed by atoms with Crippen molar-refractivity contribution in [3.05, 3.63) is 0 Å². The normalized spacial score (nSPS) is 17.3. The van der Waals surface area contributed by atoms with E-state index in [4.69, 9.17) is 4.74 Å². The molecule has 1 saturated carbocycles. The van der Waals surface area contributed by atoms with Crippen LogP contribution in [0.15, 0.2) is 0 Å². The van der Waals surface area contributed by atoms with E-state index in [1.807, 2.05) is 13.8 Å². The summed E-state index contributed by atoms with van der Waals surface area (Å²) in [5.41, 5.74) is -0.259. The van der Waals surface area contributed by atoms with Gasteiger partial charge in [-0.15, -0.1) is 0 Å². The first kappa shape index (κ1) is 18.0. The molecule has 0 unspecified atom stereocenters. The lowest BCUT2D eigenvalue weighted by Gasteiger charge is -2.37. The maximum Gasteiger partial charge on any atom is 0.325 e. The van der Waals surface area contributed by atoms with Gasteiger partial charge < -0.3 is 9.64 Å². The van der Waals surface area contributed by atoms with Crippen LogP contribution >= 0.6 is 0 Å². The Bertz CT molecular complexity index is 357. The molecule has 0 radical (unpaired) electrons. The molecule has 0 aromatic carbocycles. The van der Waals surface area contributed by atoms with Gasteiger partial charge in [0.1, 0.15) is 6.54 Å². The first-order valence-corrected chi connectivity index (χ1v) is 8.29. The Balaban J connectivity index is 2.89. The highest BCUT2D eigenvalue weighted by Gasteiger charge is 2.44. The van der Waals surface area contributed by atoms with Crippen LogP contribution in [0.3, 0.4) is 0 Å². The maximum atomic E-state index is 13.1. The number of hydrogen-bond acceptors (Lipinski definition) is 3. The smallest absolute Gasteiger partial charge is 0.325 e. The summed E-state index contributed by atoms with van der Waals surface area (Å²) in [5.74, 6) is 0.331. The van der Waals surface area contributed by atoms with Crippen LogP contribution in [-0.2, 0) is 14.3 Å². The summed E-state index contributed by atoms with van der Waals surface area (Å²) in [7, 11) is 0. The van der Waals surface area contributed by atoms with Crippen LogP contribution in [0.1, 0.15) is 66.7 Å². The Morgan fingerprint density at radius 1 is 1.14 bits per heavy atom. The molecule has 0 aromatic heterocycles. The van der Waals surface area contributed by atoms with Crippen molar-refractivity contribution >= 4 is 11.9 Å². The predicted octanol–water partition coefficient (Wildman–Crippen LogP) is 3.39. The Kier molecular flexibility index (Phi) is 6.69. The molecule has 0 spiro atoms. The first-order valence-electron chi connectivity index (χ1n) is 8.29. The highest BCUT2D eigenvalue weighted by molar-refractivity contribution is 5.87. The van der Waals surface area contributed by atoms with Gasteiger partial charge >= 0.3 is 5.97 Å². The van der Waals surface area contributed by atoms with Crippen LogP contribution < -0.4 is 0 Å². The third kappa shape index (κ3) is 4.72. The summed E-state index contributed by atoms with van der Waals surface area (Å²) < 4.78 is 5.02. The number of hydrogen-bond donors (Lipinski definition) is 0. The molecule has 0 aliphatic heterocycles. The second-order valence-electron chi connectivity index (χ2n) is 6.92. The minimum absolute atomic E-state index is 0.0199. The molecule has 0 N–H and O–H groups in total. The lowest BCUT2D eigenvalue weighted by atomic mass is 9.77. The van der Waals surface area contributed by atoms with E-state index in [9.17, 15) is 9.59 Å². The van der Waals surface area contributed by atoms with E-state index in [0.29, 0.717) is 12.5 Å². The topological polar surface area (TPSA) is 46.6 Å². The monoisotopic (exact) mass is 297 g/mol. The Morgan fingerprint density at radius 2 is 1.71 bits per heavy atom. The molecule has 0 bridgehead atoms. The molecule has 4 nitrogen and oxygen atoms in total. The molecule has 122 valence electrons. The van der Waals surface area contributed by atoms with Crippen molar-refractivity contribution in [2.24, 2.45) is 11.3 Å². The van der Waals surface area contributed by atoms with Gasteiger partial charge in [0.25, 0.3) is 0 Å². The number of amides is 1. The van der Waals surface area contributed by atoms with E-state index in [0.717, 1.165) is 32.1 Å². The van der Waals surface area contributed by atoms with Crippen molar-refractivity contribution < 1.29 is 14.3 Å². The summed E-state index contributed by atoms with van der Waals surface area (Å²) in [5, 5.41) is 0. The minimum atomic E-state index is -0.308. The summed E-state index contributed by atoms with van der Waals surface area (Å²) in [6.45, 7) is 10.5. The molecule has 1 aliphatic rings. The number of nitrogens with zero attached hydrogens (tertiary/aromatic N) is 1. The maximum absolute atomic E-state index is 13.1. The molecule has 0 saturated heterocycles. The van der Waals surface area contributed by atoms with E-state index in [1.54, 1.807) is 11.8 Å². The standard InChI is InChI=1S/C17H31NO3/c1-6-21-15(19)12-18(14(4)5)16(20)17(11-13(2)3)9-7-8-10-17/h13-14H,6-12H2,1-5H3. The second kappa shape index (κ2) is 7.81. The van der Waals surface area contributed by atoms with Gasteiger partial charge in [0, 0.05) is 11.5 Å². The third-order valence-electron chi connectivity index (χ3n) is 4.30. The SMILES string of the molecule is CCOC(=O)CN(C(=O)C1(CC(C)C)CCCC1)C(C)C. The van der Waals surface area contributed by atoms with Crippen LogP contribution in [0.25, 0.3) is 0 Å². The fraction of sp³-hybridized carbons (Fsp3) is 0.882. The zero-order valence-corrected chi connectivity index (χ0v) is 14.3. The van der Waals surface area contributed by atoms with Crippen LogP contribution in [0.4, 0.5) is 0 Å². The van der Waals surface area contributed by atoms with Crippen molar-refractivity contribution in [3.8, 4) is 0 Å². The van der Waals surface area contributed by atoms with E-state index in [-0.39, 0.29) is 29.9 Å². The summed E-state index contributed by atoms with van der Waals surface area (Å²) in [6, 6.07) is 0.0199. The lowest BCUT2D eigenvalue weighted by molar-refractivity contribution is -0.155. The van der Waals surface area contributed by atoms with Gasteiger partial charge in [-0.05, 0) is 46.0 Å². The van der Waals surface area contributed by atoms with Crippen molar-refractivity contribution in [1.82, 2.24) is 4.90 Å². The van der Waals surface area contributed by atoms with Crippen molar-refractivity contribution in [2.75, 3.05) is 13.2 Å². The first-order chi connectivity index (χ1) is 9.82. The van der Waals surface area contributed by atoms with Crippen LogP contribution in [0, 0.1) is 11.3 Å². The summed E-state index contributed by atoms with van der Waals surface area (Å²) in [4.78, 5) is 26.6. The molecule has 0 aromatic rings. The van der Waals surface area contributed by atoms with E-state index < -0.39 is 0 Å². The molecule has 0 heterocycles. The largest absolute Gasteiger partial charge is 0.465 e. The van der Waals surface area contributed by atoms with Crippen LogP contribution in [-0.4, -0.2) is 36.0 Å². The zero-order chi connectivity index (χ0) is 16.0. The molecule has 21 heavy (non-hydrogen) atoms. The average Bonchev–Trinajstić information content (AvgIpc) is 2.84. The zero-order valence-electron chi connectivity index (χ0n) is 14.3. The average molecular weight is 297 g/mol. The fourth-order valence-corrected chi connectivity index (χ4v) is 3.48. The van der Waals surface area contributed by atoms with Crippen molar-refractivity contribution in [1.29, 1.82) is 0 Å². The summed E-state index contributed by atoms with van der Waals surface area (Å²) in [6.07, 6.45) is 5.05. The molecular formula is C17H31NO3. The fourth-order valence-electron chi connectivity index (χ4n) is 3.48. The van der Waals surface area contributed by atoms with E-state index in [2.05, 4.69) is 13.8 Å². The number of carbonyl (C=O) groups excluding carboxylic acids is 2. The Labute approximate surface area is 129 Å². The van der Waals surface area contributed by atoms with E-state index >= 15 is 0 Å². The van der Waals surface area contributed by atoms with Crippen LogP contribution in [0.5, 0.6) is 0 Å². The van der Waals surface area contributed by atoms with Gasteiger partial charge in [0.05, 0.1) is 6.61 Å². The Morgan fingerprint density at radius 3 is 2.14 bits per heavy atom. The molecule has 1 aliphatic carbocycles. The van der Waals surface area contributed by atoms with Crippen molar-refractivity contribution in [3.63, 3.8) is 0 Å². The lowest BCUT2D eigenvalue weighted by Crippen LogP contribution is -2.49. The van der Waals surface area contributed by atoms with Gasteiger partial charge in [0.15, 0.2) is 0 Å². The van der Waals surface area contributed by atoms with E-state index in [1.165, 1.54) is 0 Å². The van der Waals surface area contributed by atoms with Crippen molar-refractivity contribution in [2.45, 2.75) is 72.8 Å². The molecule has 1 rings (SSSR count). The highest BCUT2D eigenvalue weighted by Crippen LogP contribution is 2.44. The molecule has 0 atom stereocenters. The van der Waals surface area contributed by atoms with Gasteiger partial charge in [0.2, 0.25) is 5.91 Å².